The van der Waals surface area contributed by atoms with Gasteiger partial charge in [-0.15, -0.1) is 0 Å². The van der Waals surface area contributed by atoms with Gasteiger partial charge in [-0.2, -0.15) is 0 Å². The third-order valence-corrected chi connectivity index (χ3v) is 3.30. The minimum atomic E-state index is -0.557. The molecule has 2 aromatic carbocycles. The summed E-state index contributed by atoms with van der Waals surface area (Å²) in [5.41, 5.74) is 0.466. The Balaban J connectivity index is 1.92. The molecule has 0 spiro atoms. The molecule has 0 unspecified atom stereocenters. The minimum Gasteiger partial charge on any atom is -0.482 e. The van der Waals surface area contributed by atoms with E-state index in [2.05, 4.69) is 15.9 Å². The summed E-state index contributed by atoms with van der Waals surface area (Å²) >= 11 is 3.28. The molecule has 0 radical (unpaired) electrons. The fourth-order valence-corrected chi connectivity index (χ4v) is 1.99. The van der Waals surface area contributed by atoms with Gasteiger partial charge in [0.1, 0.15) is 11.5 Å². The van der Waals surface area contributed by atoms with Gasteiger partial charge in [-0.3, -0.25) is 10.1 Å². The summed E-state index contributed by atoms with van der Waals surface area (Å²) < 4.78 is 11.2. The number of nitro benzene ring substituents is 1. The van der Waals surface area contributed by atoms with Gasteiger partial charge < -0.3 is 9.47 Å². The molecule has 0 N–H and O–H groups in total. The average molecular weight is 366 g/mol. The van der Waals surface area contributed by atoms with Gasteiger partial charge in [0.2, 0.25) is 0 Å². The van der Waals surface area contributed by atoms with Gasteiger partial charge in [0, 0.05) is 16.1 Å². The van der Waals surface area contributed by atoms with Crippen molar-refractivity contribution in [1.29, 1.82) is 0 Å². The van der Waals surface area contributed by atoms with Crippen LogP contribution in [-0.4, -0.2) is 17.5 Å². The zero-order chi connectivity index (χ0) is 16.1. The molecule has 0 aliphatic heterocycles. The van der Waals surface area contributed by atoms with Crippen LogP contribution in [0.4, 0.5) is 5.69 Å². The van der Waals surface area contributed by atoms with Crippen LogP contribution in [0.5, 0.6) is 11.5 Å². The molecule has 0 heterocycles. The summed E-state index contributed by atoms with van der Waals surface area (Å²) in [6, 6.07) is 11.1. The lowest BCUT2D eigenvalue weighted by Gasteiger charge is -2.07. The number of benzene rings is 2. The number of carbonyl (C=O) groups excluding carboxylic acids is 1. The normalized spacial score (nSPS) is 10.1. The average Bonchev–Trinajstić information content (AvgIpc) is 2.47. The van der Waals surface area contributed by atoms with Crippen LogP contribution < -0.4 is 9.47 Å². The highest BCUT2D eigenvalue weighted by atomic mass is 79.9. The van der Waals surface area contributed by atoms with Crippen LogP contribution in [-0.2, 0) is 4.79 Å². The van der Waals surface area contributed by atoms with Crippen LogP contribution in [0.15, 0.2) is 46.9 Å². The van der Waals surface area contributed by atoms with Gasteiger partial charge >= 0.3 is 5.97 Å². The first-order valence-electron chi connectivity index (χ1n) is 6.30. The Labute approximate surface area is 134 Å². The highest BCUT2D eigenvalue weighted by Gasteiger charge is 2.12. The number of hydrogen-bond donors (Lipinski definition) is 0. The van der Waals surface area contributed by atoms with Gasteiger partial charge in [0.05, 0.1) is 4.92 Å². The monoisotopic (exact) mass is 365 g/mol. The first-order chi connectivity index (χ1) is 10.5. The fourth-order valence-electron chi connectivity index (χ4n) is 1.73. The van der Waals surface area contributed by atoms with Crippen molar-refractivity contribution in [3.63, 3.8) is 0 Å². The molecule has 0 saturated heterocycles. The third kappa shape index (κ3) is 4.29. The van der Waals surface area contributed by atoms with Gasteiger partial charge in [-0.1, -0.05) is 15.9 Å². The van der Waals surface area contributed by atoms with Crippen LogP contribution in [0, 0.1) is 17.0 Å². The second kappa shape index (κ2) is 7.04. The van der Waals surface area contributed by atoms with E-state index in [1.165, 1.54) is 18.2 Å². The van der Waals surface area contributed by atoms with Crippen molar-refractivity contribution in [1.82, 2.24) is 0 Å². The molecule has 0 amide bonds. The van der Waals surface area contributed by atoms with Crippen molar-refractivity contribution in [2.75, 3.05) is 6.61 Å². The molecule has 0 saturated carbocycles. The number of esters is 1. The van der Waals surface area contributed by atoms with Crippen molar-refractivity contribution in [3.05, 3.63) is 62.6 Å². The van der Waals surface area contributed by atoms with E-state index in [4.69, 9.17) is 9.47 Å². The molecule has 22 heavy (non-hydrogen) atoms. The fraction of sp³-hybridized carbons (Fsp3) is 0.133. The van der Waals surface area contributed by atoms with Gasteiger partial charge in [0.15, 0.2) is 6.61 Å². The molecule has 0 aliphatic carbocycles. The van der Waals surface area contributed by atoms with E-state index in [0.717, 1.165) is 4.47 Å². The second-order valence-corrected chi connectivity index (χ2v) is 5.34. The molecule has 0 fully saturated rings. The lowest BCUT2D eigenvalue weighted by atomic mass is 10.2. The van der Waals surface area contributed by atoms with Crippen molar-refractivity contribution in [2.24, 2.45) is 0 Å². The number of hydrogen-bond acceptors (Lipinski definition) is 5. The van der Waals surface area contributed by atoms with E-state index >= 15 is 0 Å². The maximum Gasteiger partial charge on any atom is 0.349 e. The van der Waals surface area contributed by atoms with E-state index in [1.807, 2.05) is 0 Å². The quantitative estimate of drug-likeness (QED) is 0.349. The molecular formula is C15H12BrNO5. The van der Waals surface area contributed by atoms with Gasteiger partial charge in [0.25, 0.3) is 5.69 Å². The Morgan fingerprint density at radius 2 is 1.82 bits per heavy atom. The Hall–Kier alpha value is -2.41. The highest BCUT2D eigenvalue weighted by Crippen LogP contribution is 2.23. The Morgan fingerprint density at radius 3 is 2.41 bits per heavy atom. The third-order valence-electron chi connectivity index (χ3n) is 2.77. The molecule has 7 heteroatoms. The summed E-state index contributed by atoms with van der Waals surface area (Å²) in [6.07, 6.45) is 0. The van der Waals surface area contributed by atoms with Gasteiger partial charge in [-0.25, -0.2) is 4.79 Å². The maximum absolute atomic E-state index is 11.7. The van der Waals surface area contributed by atoms with Crippen molar-refractivity contribution in [3.8, 4) is 11.5 Å². The Bertz CT molecular complexity index is 700. The molecule has 2 aromatic rings. The number of ether oxygens (including phenoxy) is 2. The minimum absolute atomic E-state index is 0.00443. The lowest BCUT2D eigenvalue weighted by Crippen LogP contribution is -2.17. The number of halogens is 1. The first-order valence-corrected chi connectivity index (χ1v) is 7.09. The van der Waals surface area contributed by atoms with E-state index in [-0.39, 0.29) is 12.3 Å². The summed E-state index contributed by atoms with van der Waals surface area (Å²) in [7, 11) is 0. The van der Waals surface area contributed by atoms with Crippen molar-refractivity contribution in [2.45, 2.75) is 6.92 Å². The predicted octanol–water partition coefficient (Wildman–Crippen LogP) is 3.65. The molecule has 2 rings (SSSR count). The summed E-state index contributed by atoms with van der Waals surface area (Å²) in [5, 5.41) is 10.7. The number of aryl methyl sites for hydroxylation is 1. The topological polar surface area (TPSA) is 78.7 Å². The highest BCUT2D eigenvalue weighted by molar-refractivity contribution is 9.10. The van der Waals surface area contributed by atoms with Gasteiger partial charge in [-0.05, 0) is 43.3 Å². The van der Waals surface area contributed by atoms with Crippen LogP contribution >= 0.6 is 15.9 Å². The molecule has 0 aliphatic rings. The zero-order valence-electron chi connectivity index (χ0n) is 11.6. The van der Waals surface area contributed by atoms with Crippen molar-refractivity contribution >= 4 is 27.6 Å². The van der Waals surface area contributed by atoms with E-state index in [9.17, 15) is 14.9 Å². The predicted molar refractivity (Wildman–Crippen MR) is 83.1 cm³/mol. The van der Waals surface area contributed by atoms with Crippen LogP contribution in [0.1, 0.15) is 5.56 Å². The largest absolute Gasteiger partial charge is 0.482 e. The molecule has 0 atom stereocenters. The van der Waals surface area contributed by atoms with E-state index in [1.54, 1.807) is 31.2 Å². The summed E-state index contributed by atoms with van der Waals surface area (Å²) in [6.45, 7) is 1.32. The second-order valence-electron chi connectivity index (χ2n) is 4.42. The lowest BCUT2D eigenvalue weighted by molar-refractivity contribution is -0.385. The maximum atomic E-state index is 11.7. The first kappa shape index (κ1) is 16.0. The Kier molecular flexibility index (Phi) is 5.11. The van der Waals surface area contributed by atoms with Crippen molar-refractivity contribution < 1.29 is 19.2 Å². The SMILES string of the molecule is Cc1cc(OCC(=O)Oc2ccc(Br)cc2)ccc1[N+](=O)[O-]. The molecule has 0 bridgehead atoms. The molecule has 114 valence electrons. The number of nitrogens with zero attached hydrogens (tertiary/aromatic N) is 1. The van der Waals surface area contributed by atoms with Crippen LogP contribution in [0.3, 0.4) is 0 Å². The molecule has 6 nitrogen and oxygen atoms in total. The molecular weight excluding hydrogens is 354 g/mol. The van der Waals surface area contributed by atoms with E-state index in [0.29, 0.717) is 17.1 Å². The summed E-state index contributed by atoms with van der Waals surface area (Å²) in [5.74, 6) is 0.228. The number of rotatable bonds is 5. The smallest absolute Gasteiger partial charge is 0.349 e. The zero-order valence-corrected chi connectivity index (χ0v) is 13.2. The Morgan fingerprint density at radius 1 is 1.18 bits per heavy atom. The summed E-state index contributed by atoms with van der Waals surface area (Å²) in [4.78, 5) is 21.9. The van der Waals surface area contributed by atoms with Crippen LogP contribution in [0.2, 0.25) is 0 Å². The number of carbonyl (C=O) groups is 1. The standard InChI is InChI=1S/C15H12BrNO5/c1-10-8-13(6-7-14(10)17(19)20)21-9-15(18)22-12-4-2-11(16)3-5-12/h2-8H,9H2,1H3. The number of nitro groups is 1. The van der Waals surface area contributed by atoms with E-state index < -0.39 is 10.9 Å². The molecule has 0 aromatic heterocycles. The van der Waals surface area contributed by atoms with Crippen LogP contribution in [0.25, 0.3) is 0 Å².